The summed E-state index contributed by atoms with van der Waals surface area (Å²) in [6.07, 6.45) is 9.02. The highest BCUT2D eigenvalue weighted by atomic mass is 16.5. The number of fused-ring (bicyclic) bond motifs is 1. The van der Waals surface area contributed by atoms with Crippen LogP contribution in [0.15, 0.2) is 30.5 Å². The molecular weight excluding hydrogens is 342 g/mol. The van der Waals surface area contributed by atoms with E-state index in [1.807, 2.05) is 34.9 Å². The molecule has 0 amide bonds. The van der Waals surface area contributed by atoms with E-state index in [4.69, 9.17) is 14.2 Å². The lowest BCUT2D eigenvalue weighted by atomic mass is 10.1. The summed E-state index contributed by atoms with van der Waals surface area (Å²) in [6, 6.07) is 7.84. The van der Waals surface area contributed by atoms with Crippen LogP contribution in [0.25, 0.3) is 17.8 Å². The predicted molar refractivity (Wildman–Crippen MR) is 107 cm³/mol. The number of hydrogen-bond acceptors (Lipinski definition) is 5. The Hall–Kier alpha value is -3.02. The highest BCUT2D eigenvalue weighted by Crippen LogP contribution is 2.38. The highest BCUT2D eigenvalue weighted by molar-refractivity contribution is 5.72. The first-order valence-electron chi connectivity index (χ1n) is 9.02. The average Bonchev–Trinajstić information content (AvgIpc) is 3.18. The molecule has 3 rings (SSSR count). The molecule has 0 aliphatic rings. The van der Waals surface area contributed by atoms with E-state index in [9.17, 15) is 0 Å². The van der Waals surface area contributed by atoms with Gasteiger partial charge < -0.3 is 14.2 Å². The van der Waals surface area contributed by atoms with E-state index in [2.05, 4.69) is 23.1 Å². The summed E-state index contributed by atoms with van der Waals surface area (Å²) in [5, 5.41) is 4.38. The summed E-state index contributed by atoms with van der Waals surface area (Å²) >= 11 is 0. The van der Waals surface area contributed by atoms with Crippen molar-refractivity contribution in [3.63, 3.8) is 0 Å². The van der Waals surface area contributed by atoms with Crippen LogP contribution in [0.5, 0.6) is 17.2 Å². The summed E-state index contributed by atoms with van der Waals surface area (Å²) in [4.78, 5) is 4.68. The van der Waals surface area contributed by atoms with Gasteiger partial charge in [-0.2, -0.15) is 5.10 Å². The van der Waals surface area contributed by atoms with E-state index in [0.29, 0.717) is 17.2 Å². The zero-order valence-corrected chi connectivity index (χ0v) is 16.2. The maximum atomic E-state index is 5.43. The van der Waals surface area contributed by atoms with Crippen molar-refractivity contribution < 1.29 is 14.2 Å². The van der Waals surface area contributed by atoms with Gasteiger partial charge in [0.1, 0.15) is 0 Å². The number of unbranched alkanes of at least 4 members (excludes halogenated alkanes) is 1. The summed E-state index contributed by atoms with van der Waals surface area (Å²) in [7, 11) is 4.82. The normalized spacial score (nSPS) is 11.3. The van der Waals surface area contributed by atoms with Crippen molar-refractivity contribution >= 4 is 17.8 Å². The Kier molecular flexibility index (Phi) is 5.96. The van der Waals surface area contributed by atoms with Gasteiger partial charge in [-0.1, -0.05) is 19.4 Å². The Balaban J connectivity index is 1.99. The fourth-order valence-electron chi connectivity index (χ4n) is 2.98. The third-order valence-corrected chi connectivity index (χ3v) is 4.36. The molecule has 0 bridgehead atoms. The van der Waals surface area contributed by atoms with Crippen molar-refractivity contribution in [2.75, 3.05) is 21.3 Å². The molecule has 0 unspecified atom stereocenters. The van der Waals surface area contributed by atoms with Crippen molar-refractivity contribution in [1.29, 1.82) is 0 Å². The second-order valence-corrected chi connectivity index (χ2v) is 6.17. The van der Waals surface area contributed by atoms with Crippen molar-refractivity contribution in [1.82, 2.24) is 14.6 Å². The van der Waals surface area contributed by atoms with E-state index >= 15 is 0 Å². The number of rotatable bonds is 8. The first-order chi connectivity index (χ1) is 13.2. The van der Waals surface area contributed by atoms with Crippen LogP contribution in [0.2, 0.25) is 0 Å². The van der Waals surface area contributed by atoms with Crippen molar-refractivity contribution in [3.8, 4) is 17.2 Å². The first kappa shape index (κ1) is 18.8. The lowest BCUT2D eigenvalue weighted by Crippen LogP contribution is -2.00. The number of methoxy groups -OCH3 is 3. The topological polar surface area (TPSA) is 57.9 Å². The van der Waals surface area contributed by atoms with E-state index < -0.39 is 0 Å². The van der Waals surface area contributed by atoms with Crippen LogP contribution in [-0.4, -0.2) is 35.9 Å². The molecule has 6 nitrogen and oxygen atoms in total. The molecule has 2 heterocycles. The fourth-order valence-corrected chi connectivity index (χ4v) is 2.98. The van der Waals surface area contributed by atoms with Crippen molar-refractivity contribution in [3.05, 3.63) is 47.4 Å². The van der Waals surface area contributed by atoms with Crippen LogP contribution >= 0.6 is 0 Å². The second kappa shape index (κ2) is 8.58. The van der Waals surface area contributed by atoms with Crippen LogP contribution in [0.3, 0.4) is 0 Å². The smallest absolute Gasteiger partial charge is 0.203 e. The van der Waals surface area contributed by atoms with Crippen LogP contribution in [-0.2, 0) is 6.42 Å². The molecule has 142 valence electrons. The van der Waals surface area contributed by atoms with Crippen LogP contribution in [0.1, 0.15) is 36.7 Å². The molecule has 0 N–H and O–H groups in total. The SMILES string of the molecule is CCCCc1cc(/C=C/c2cc(OC)c(OC)c(OC)c2)n2nccc2n1. The first-order valence-corrected chi connectivity index (χ1v) is 9.02. The molecular formula is C21H25N3O3. The van der Waals surface area contributed by atoms with Crippen LogP contribution < -0.4 is 14.2 Å². The van der Waals surface area contributed by atoms with Gasteiger partial charge in [0.2, 0.25) is 5.75 Å². The van der Waals surface area contributed by atoms with Gasteiger partial charge >= 0.3 is 0 Å². The number of aryl methyl sites for hydroxylation is 1. The van der Waals surface area contributed by atoms with Gasteiger partial charge in [-0.15, -0.1) is 0 Å². The summed E-state index contributed by atoms with van der Waals surface area (Å²) < 4.78 is 18.1. The van der Waals surface area contributed by atoms with E-state index in [-0.39, 0.29) is 0 Å². The molecule has 0 atom stereocenters. The molecule has 0 aliphatic carbocycles. The molecule has 0 spiro atoms. The monoisotopic (exact) mass is 367 g/mol. The Morgan fingerprint density at radius 3 is 2.37 bits per heavy atom. The molecule has 0 fully saturated rings. The van der Waals surface area contributed by atoms with E-state index in [1.165, 1.54) is 0 Å². The molecule has 3 aromatic rings. The maximum Gasteiger partial charge on any atom is 0.203 e. The number of benzene rings is 1. The molecule has 1 aromatic carbocycles. The van der Waals surface area contributed by atoms with Gasteiger partial charge in [-0.05, 0) is 42.7 Å². The Labute approximate surface area is 159 Å². The van der Waals surface area contributed by atoms with Gasteiger partial charge in [0.05, 0.1) is 33.2 Å². The van der Waals surface area contributed by atoms with Crippen molar-refractivity contribution in [2.24, 2.45) is 0 Å². The number of ether oxygens (including phenoxy) is 3. The summed E-state index contributed by atoms with van der Waals surface area (Å²) in [5.41, 5.74) is 3.85. The predicted octanol–water partition coefficient (Wildman–Crippen LogP) is 4.27. The van der Waals surface area contributed by atoms with Gasteiger partial charge in [-0.3, -0.25) is 0 Å². The third kappa shape index (κ3) is 4.05. The Bertz CT molecular complexity index is 922. The lowest BCUT2D eigenvalue weighted by molar-refractivity contribution is 0.324. The number of aromatic nitrogens is 3. The highest BCUT2D eigenvalue weighted by Gasteiger charge is 2.12. The zero-order chi connectivity index (χ0) is 19.2. The van der Waals surface area contributed by atoms with Gasteiger partial charge in [0, 0.05) is 11.8 Å². The third-order valence-electron chi connectivity index (χ3n) is 4.36. The minimum Gasteiger partial charge on any atom is -0.493 e. The van der Waals surface area contributed by atoms with E-state index in [1.54, 1.807) is 27.5 Å². The molecule has 0 saturated carbocycles. The maximum absolute atomic E-state index is 5.43. The minimum atomic E-state index is 0.581. The molecule has 0 aliphatic heterocycles. The van der Waals surface area contributed by atoms with E-state index in [0.717, 1.165) is 41.9 Å². The van der Waals surface area contributed by atoms with Crippen LogP contribution in [0, 0.1) is 0 Å². The van der Waals surface area contributed by atoms with Crippen molar-refractivity contribution in [2.45, 2.75) is 26.2 Å². The molecule has 0 radical (unpaired) electrons. The summed E-state index contributed by atoms with van der Waals surface area (Å²) in [5.74, 6) is 1.83. The average molecular weight is 367 g/mol. The standard InChI is InChI=1S/C21H25N3O3/c1-5-6-7-16-14-17(24-20(23-16)10-11-22-24)9-8-15-12-18(25-2)21(27-4)19(13-15)26-3/h8-14H,5-7H2,1-4H3/b9-8+. The molecule has 0 saturated heterocycles. The number of hydrogen-bond donors (Lipinski definition) is 0. The minimum absolute atomic E-state index is 0.581. The Morgan fingerprint density at radius 1 is 1.00 bits per heavy atom. The quantitative estimate of drug-likeness (QED) is 0.595. The number of nitrogens with zero attached hydrogens (tertiary/aromatic N) is 3. The Morgan fingerprint density at radius 2 is 1.74 bits per heavy atom. The van der Waals surface area contributed by atoms with Gasteiger partial charge in [0.25, 0.3) is 0 Å². The molecule has 27 heavy (non-hydrogen) atoms. The zero-order valence-electron chi connectivity index (χ0n) is 16.2. The largest absolute Gasteiger partial charge is 0.493 e. The molecule has 6 heteroatoms. The summed E-state index contributed by atoms with van der Waals surface area (Å²) in [6.45, 7) is 2.18. The van der Waals surface area contributed by atoms with Gasteiger partial charge in [0.15, 0.2) is 17.1 Å². The lowest BCUT2D eigenvalue weighted by Gasteiger charge is -2.12. The molecule has 2 aromatic heterocycles. The van der Waals surface area contributed by atoms with Crippen LogP contribution in [0.4, 0.5) is 0 Å². The second-order valence-electron chi connectivity index (χ2n) is 6.17. The van der Waals surface area contributed by atoms with Gasteiger partial charge in [-0.25, -0.2) is 9.50 Å². The fraction of sp³-hybridized carbons (Fsp3) is 0.333.